The Morgan fingerprint density at radius 2 is 2.00 bits per heavy atom. The van der Waals surface area contributed by atoms with Gasteiger partial charge in [0.2, 0.25) is 0 Å². The molecule has 2 N–H and O–H groups in total. The summed E-state index contributed by atoms with van der Waals surface area (Å²) >= 11 is 5.13. The molecule has 1 heterocycles. The molecule has 0 bridgehead atoms. The van der Waals surface area contributed by atoms with Crippen molar-refractivity contribution < 1.29 is 4.79 Å². The molecule has 0 spiro atoms. The standard InChI is InChI=1S/C15H16N2OS/c1-10-14(11(2)18)13(17-15(19)16-10)9-8-12-6-4-3-5-7-12/h3-9,13H,1-2H3,(H2,16,17,19)/b9-8-/t13-/m0/s1. The molecular weight excluding hydrogens is 256 g/mol. The molecule has 19 heavy (non-hydrogen) atoms. The van der Waals surface area contributed by atoms with E-state index in [4.69, 9.17) is 12.2 Å². The van der Waals surface area contributed by atoms with Gasteiger partial charge in [-0.3, -0.25) is 4.79 Å². The fraction of sp³-hybridized carbons (Fsp3) is 0.200. The molecule has 3 nitrogen and oxygen atoms in total. The van der Waals surface area contributed by atoms with E-state index >= 15 is 0 Å². The molecule has 0 amide bonds. The molecule has 0 unspecified atom stereocenters. The molecule has 2 rings (SSSR count). The molecule has 4 heteroatoms. The molecule has 0 aromatic heterocycles. The molecule has 0 saturated carbocycles. The Hall–Kier alpha value is -1.94. The van der Waals surface area contributed by atoms with Gasteiger partial charge in [0.15, 0.2) is 10.9 Å². The molecule has 0 radical (unpaired) electrons. The highest BCUT2D eigenvalue weighted by Gasteiger charge is 2.23. The summed E-state index contributed by atoms with van der Waals surface area (Å²) in [6.45, 7) is 3.44. The maximum absolute atomic E-state index is 11.7. The van der Waals surface area contributed by atoms with Crippen molar-refractivity contribution in [2.24, 2.45) is 0 Å². The first-order valence-electron chi connectivity index (χ1n) is 6.10. The second-order valence-electron chi connectivity index (χ2n) is 4.44. The van der Waals surface area contributed by atoms with Crippen molar-refractivity contribution in [3.63, 3.8) is 0 Å². The van der Waals surface area contributed by atoms with E-state index in [9.17, 15) is 4.79 Å². The SMILES string of the molecule is CC(=O)C1=C(C)NC(=S)N[C@H]1/C=C\c1ccccc1. The summed E-state index contributed by atoms with van der Waals surface area (Å²) in [4.78, 5) is 11.7. The van der Waals surface area contributed by atoms with Crippen LogP contribution in [0.5, 0.6) is 0 Å². The van der Waals surface area contributed by atoms with Crippen molar-refractivity contribution in [2.45, 2.75) is 19.9 Å². The van der Waals surface area contributed by atoms with E-state index in [0.29, 0.717) is 5.11 Å². The number of hydrogen-bond acceptors (Lipinski definition) is 2. The van der Waals surface area contributed by atoms with Crippen LogP contribution in [0.15, 0.2) is 47.7 Å². The van der Waals surface area contributed by atoms with E-state index < -0.39 is 0 Å². The van der Waals surface area contributed by atoms with Crippen molar-refractivity contribution in [2.75, 3.05) is 0 Å². The van der Waals surface area contributed by atoms with Gasteiger partial charge in [-0.1, -0.05) is 42.5 Å². The van der Waals surface area contributed by atoms with Crippen molar-refractivity contribution in [1.82, 2.24) is 10.6 Å². The third-order valence-electron chi connectivity index (χ3n) is 2.96. The lowest BCUT2D eigenvalue weighted by Gasteiger charge is -2.27. The lowest BCUT2D eigenvalue weighted by Crippen LogP contribution is -2.48. The normalized spacial score (nSPS) is 19.3. The van der Waals surface area contributed by atoms with Gasteiger partial charge >= 0.3 is 0 Å². The van der Waals surface area contributed by atoms with Gasteiger partial charge in [0.1, 0.15) is 0 Å². The van der Waals surface area contributed by atoms with Gasteiger partial charge in [0.05, 0.1) is 6.04 Å². The lowest BCUT2D eigenvalue weighted by atomic mass is 9.98. The Labute approximate surface area is 118 Å². The highest BCUT2D eigenvalue weighted by molar-refractivity contribution is 7.80. The van der Waals surface area contributed by atoms with E-state index in [1.807, 2.05) is 49.4 Å². The monoisotopic (exact) mass is 272 g/mol. The zero-order valence-electron chi connectivity index (χ0n) is 10.9. The topological polar surface area (TPSA) is 41.1 Å². The fourth-order valence-electron chi connectivity index (χ4n) is 2.12. The van der Waals surface area contributed by atoms with E-state index in [1.54, 1.807) is 6.92 Å². The highest BCUT2D eigenvalue weighted by Crippen LogP contribution is 2.15. The minimum absolute atomic E-state index is 0.0442. The van der Waals surface area contributed by atoms with Gasteiger partial charge < -0.3 is 10.6 Å². The Bertz CT molecular complexity index is 561. The molecule has 0 fully saturated rings. The van der Waals surface area contributed by atoms with Gasteiger partial charge in [0, 0.05) is 11.3 Å². The minimum atomic E-state index is -0.175. The quantitative estimate of drug-likeness (QED) is 0.829. The van der Waals surface area contributed by atoms with Crippen LogP contribution in [0.4, 0.5) is 0 Å². The number of nitrogens with one attached hydrogen (secondary N) is 2. The highest BCUT2D eigenvalue weighted by atomic mass is 32.1. The zero-order valence-corrected chi connectivity index (χ0v) is 11.8. The van der Waals surface area contributed by atoms with Crippen LogP contribution in [0.25, 0.3) is 6.08 Å². The van der Waals surface area contributed by atoms with Crippen LogP contribution >= 0.6 is 12.2 Å². The molecule has 0 aliphatic carbocycles. The molecule has 1 aromatic carbocycles. The summed E-state index contributed by atoms with van der Waals surface area (Å²) in [5.41, 5.74) is 2.63. The Balaban J connectivity index is 2.27. The summed E-state index contributed by atoms with van der Waals surface area (Å²) < 4.78 is 0. The maximum atomic E-state index is 11.7. The predicted molar refractivity (Wildman–Crippen MR) is 81.5 cm³/mol. The molecule has 1 aliphatic rings. The van der Waals surface area contributed by atoms with E-state index in [1.165, 1.54) is 0 Å². The summed E-state index contributed by atoms with van der Waals surface area (Å²) in [7, 11) is 0. The Kier molecular flexibility index (Phi) is 4.12. The number of allylic oxidation sites excluding steroid dienone is 1. The summed E-state index contributed by atoms with van der Waals surface area (Å²) in [6.07, 6.45) is 3.95. The first kappa shape index (κ1) is 13.5. The van der Waals surface area contributed by atoms with Gasteiger partial charge in [0.25, 0.3) is 0 Å². The first-order valence-corrected chi connectivity index (χ1v) is 6.51. The second-order valence-corrected chi connectivity index (χ2v) is 4.85. The molecule has 98 valence electrons. The van der Waals surface area contributed by atoms with Crippen molar-refractivity contribution in [1.29, 1.82) is 0 Å². The number of Topliss-reactive ketones (excluding diaryl/α,β-unsaturated/α-hetero) is 1. The van der Waals surface area contributed by atoms with Crippen molar-refractivity contribution in [3.8, 4) is 0 Å². The number of carbonyl (C=O) groups excluding carboxylic acids is 1. The van der Waals surface area contributed by atoms with E-state index in [2.05, 4.69) is 10.6 Å². The summed E-state index contributed by atoms with van der Waals surface area (Å²) in [6, 6.07) is 9.78. The minimum Gasteiger partial charge on any atom is -0.352 e. The van der Waals surface area contributed by atoms with Crippen LogP contribution in [0, 0.1) is 0 Å². The van der Waals surface area contributed by atoms with Crippen LogP contribution in [0.3, 0.4) is 0 Å². The van der Waals surface area contributed by atoms with Crippen LogP contribution in [0.2, 0.25) is 0 Å². The van der Waals surface area contributed by atoms with Gasteiger partial charge in [-0.15, -0.1) is 0 Å². The molecular formula is C15H16N2OS. The number of ketones is 1. The third-order valence-corrected chi connectivity index (χ3v) is 3.18. The Morgan fingerprint density at radius 1 is 1.32 bits per heavy atom. The number of rotatable bonds is 3. The molecule has 1 aliphatic heterocycles. The van der Waals surface area contributed by atoms with Crippen LogP contribution in [-0.2, 0) is 4.79 Å². The number of hydrogen-bond donors (Lipinski definition) is 2. The van der Waals surface area contributed by atoms with Crippen LogP contribution in [-0.4, -0.2) is 16.9 Å². The Morgan fingerprint density at radius 3 is 2.63 bits per heavy atom. The number of thiocarbonyl (C=S) groups is 1. The van der Waals surface area contributed by atoms with Crippen molar-refractivity contribution in [3.05, 3.63) is 53.2 Å². The molecule has 0 saturated heterocycles. The van der Waals surface area contributed by atoms with Crippen LogP contribution in [0.1, 0.15) is 19.4 Å². The first-order chi connectivity index (χ1) is 9.08. The van der Waals surface area contributed by atoms with Crippen molar-refractivity contribution >= 4 is 29.2 Å². The maximum Gasteiger partial charge on any atom is 0.171 e. The second kappa shape index (κ2) is 5.80. The van der Waals surface area contributed by atoms with Gasteiger partial charge in [-0.25, -0.2) is 0 Å². The molecule has 1 atom stereocenters. The molecule has 1 aromatic rings. The number of benzene rings is 1. The number of carbonyl (C=O) groups is 1. The summed E-state index contributed by atoms with van der Waals surface area (Å²) in [5, 5.41) is 6.63. The summed E-state index contributed by atoms with van der Waals surface area (Å²) in [5.74, 6) is 0.0442. The van der Waals surface area contributed by atoms with Crippen LogP contribution < -0.4 is 10.6 Å². The van der Waals surface area contributed by atoms with Gasteiger partial charge in [-0.2, -0.15) is 0 Å². The average Bonchev–Trinajstić information content (AvgIpc) is 2.36. The lowest BCUT2D eigenvalue weighted by molar-refractivity contribution is -0.113. The fourth-order valence-corrected chi connectivity index (χ4v) is 2.40. The average molecular weight is 272 g/mol. The smallest absolute Gasteiger partial charge is 0.171 e. The van der Waals surface area contributed by atoms with E-state index in [-0.39, 0.29) is 11.8 Å². The predicted octanol–water partition coefficient (Wildman–Crippen LogP) is 2.41. The zero-order chi connectivity index (χ0) is 13.8. The largest absolute Gasteiger partial charge is 0.352 e. The van der Waals surface area contributed by atoms with Gasteiger partial charge in [-0.05, 0) is 31.6 Å². The van der Waals surface area contributed by atoms with E-state index in [0.717, 1.165) is 16.8 Å². The third kappa shape index (κ3) is 3.29.